The van der Waals surface area contributed by atoms with E-state index < -0.39 is 0 Å². The molecule has 0 saturated heterocycles. The number of aromatic nitrogens is 2. The second-order valence-electron chi connectivity index (χ2n) is 6.07. The minimum Gasteiger partial charge on any atom is -0.262 e. The van der Waals surface area contributed by atoms with Crippen molar-refractivity contribution >= 4 is 34.1 Å². The van der Waals surface area contributed by atoms with Gasteiger partial charge in [0, 0.05) is 11.6 Å². The average Bonchev–Trinajstić information content (AvgIpc) is 3.34. The Morgan fingerprint density at radius 3 is 2.59 bits per heavy atom. The number of thiophene rings is 1. The van der Waals surface area contributed by atoms with Gasteiger partial charge >= 0.3 is 0 Å². The largest absolute Gasteiger partial charge is 0.262 e. The summed E-state index contributed by atoms with van der Waals surface area (Å²) >= 11 is 3.27. The molecular weight excluding hydrogens is 372 g/mol. The van der Waals surface area contributed by atoms with E-state index in [-0.39, 0.29) is 0 Å². The van der Waals surface area contributed by atoms with Crippen molar-refractivity contribution in [2.75, 3.05) is 0 Å². The van der Waals surface area contributed by atoms with Crippen molar-refractivity contribution in [3.8, 4) is 10.6 Å². The SMILES string of the molecule is CC(=Nn1c(-c2cccs2)csc1=Nc1cccnc1)c1ccc(C)cc1. The maximum Gasteiger partial charge on any atom is 0.211 e. The summed E-state index contributed by atoms with van der Waals surface area (Å²) in [6, 6.07) is 16.4. The maximum atomic E-state index is 4.91. The summed E-state index contributed by atoms with van der Waals surface area (Å²) in [7, 11) is 0. The number of aryl methyl sites for hydroxylation is 1. The van der Waals surface area contributed by atoms with Crippen molar-refractivity contribution in [3.63, 3.8) is 0 Å². The van der Waals surface area contributed by atoms with Gasteiger partial charge in [0.15, 0.2) is 0 Å². The van der Waals surface area contributed by atoms with Crippen LogP contribution in [0.2, 0.25) is 0 Å². The van der Waals surface area contributed by atoms with Crippen molar-refractivity contribution < 1.29 is 0 Å². The summed E-state index contributed by atoms with van der Waals surface area (Å²) in [5.41, 5.74) is 5.14. The number of hydrogen-bond acceptors (Lipinski definition) is 5. The molecule has 0 aliphatic heterocycles. The van der Waals surface area contributed by atoms with Crippen molar-refractivity contribution in [2.24, 2.45) is 10.1 Å². The molecule has 0 aliphatic carbocycles. The van der Waals surface area contributed by atoms with Gasteiger partial charge < -0.3 is 0 Å². The standard InChI is InChI=1S/C21H18N4S2/c1-15-7-9-17(10-8-15)16(2)24-25-19(20-6-4-12-26-20)14-27-21(25)23-18-5-3-11-22-13-18/h3-14H,1-2H3. The molecule has 0 amide bonds. The number of rotatable bonds is 4. The molecule has 0 bridgehead atoms. The first kappa shape index (κ1) is 17.6. The second-order valence-corrected chi connectivity index (χ2v) is 7.85. The number of benzene rings is 1. The molecule has 4 nitrogen and oxygen atoms in total. The third-order valence-corrected chi connectivity index (χ3v) is 5.76. The predicted octanol–water partition coefficient (Wildman–Crippen LogP) is 5.49. The lowest BCUT2D eigenvalue weighted by Gasteiger charge is -2.05. The fraction of sp³-hybridized carbons (Fsp3) is 0.0952. The van der Waals surface area contributed by atoms with Gasteiger partial charge in [0.25, 0.3) is 0 Å². The van der Waals surface area contributed by atoms with Gasteiger partial charge in [-0.05, 0) is 43.0 Å². The number of hydrogen-bond donors (Lipinski definition) is 0. The summed E-state index contributed by atoms with van der Waals surface area (Å²) in [5, 5.41) is 9.09. The molecule has 3 aromatic heterocycles. The summed E-state index contributed by atoms with van der Waals surface area (Å²) in [6.07, 6.45) is 3.50. The topological polar surface area (TPSA) is 42.5 Å². The van der Waals surface area contributed by atoms with Crippen LogP contribution in [0.15, 0.2) is 81.8 Å². The highest BCUT2D eigenvalue weighted by atomic mass is 32.1. The summed E-state index contributed by atoms with van der Waals surface area (Å²) in [4.78, 5) is 10.9. The normalized spacial score (nSPS) is 12.5. The highest BCUT2D eigenvalue weighted by Gasteiger charge is 2.10. The Balaban J connectivity index is 1.86. The van der Waals surface area contributed by atoms with Gasteiger partial charge in [0.2, 0.25) is 4.80 Å². The zero-order valence-electron chi connectivity index (χ0n) is 15.0. The van der Waals surface area contributed by atoms with Crippen molar-refractivity contribution in [1.82, 2.24) is 9.66 Å². The van der Waals surface area contributed by atoms with Gasteiger partial charge in [-0.3, -0.25) is 4.98 Å². The van der Waals surface area contributed by atoms with Gasteiger partial charge in [-0.25, -0.2) is 9.67 Å². The smallest absolute Gasteiger partial charge is 0.211 e. The lowest BCUT2D eigenvalue weighted by atomic mass is 10.1. The first-order chi connectivity index (χ1) is 13.2. The molecule has 4 rings (SSSR count). The maximum absolute atomic E-state index is 4.91. The predicted molar refractivity (Wildman–Crippen MR) is 114 cm³/mol. The Kier molecular flexibility index (Phi) is 5.09. The summed E-state index contributed by atoms with van der Waals surface area (Å²) in [5.74, 6) is 0. The molecule has 0 spiro atoms. The van der Waals surface area contributed by atoms with Crippen LogP contribution in [0.25, 0.3) is 10.6 Å². The zero-order chi connectivity index (χ0) is 18.6. The Bertz CT molecular complexity index is 1120. The molecule has 6 heteroatoms. The lowest BCUT2D eigenvalue weighted by molar-refractivity contribution is 0.849. The van der Waals surface area contributed by atoms with Crippen LogP contribution in [0.5, 0.6) is 0 Å². The van der Waals surface area contributed by atoms with E-state index in [2.05, 4.69) is 59.1 Å². The molecule has 0 N–H and O–H groups in total. The fourth-order valence-corrected chi connectivity index (χ4v) is 4.24. The second kappa shape index (κ2) is 7.82. The van der Waals surface area contributed by atoms with Crippen LogP contribution in [0.3, 0.4) is 0 Å². The molecule has 0 saturated carbocycles. The number of thiazole rings is 1. The van der Waals surface area contributed by atoms with Gasteiger partial charge in [0.05, 0.1) is 28.2 Å². The lowest BCUT2D eigenvalue weighted by Crippen LogP contribution is -2.13. The molecule has 3 heterocycles. The van der Waals surface area contributed by atoms with Gasteiger partial charge in [-0.15, -0.1) is 22.7 Å². The molecule has 0 unspecified atom stereocenters. The molecule has 0 aliphatic rings. The van der Waals surface area contributed by atoms with E-state index in [4.69, 9.17) is 10.1 Å². The molecular formula is C21H18N4S2. The van der Waals surface area contributed by atoms with E-state index in [1.807, 2.05) is 23.7 Å². The molecule has 0 atom stereocenters. The molecule has 1 aromatic carbocycles. The minimum atomic E-state index is 0.814. The quantitative estimate of drug-likeness (QED) is 0.425. The van der Waals surface area contributed by atoms with Crippen LogP contribution >= 0.6 is 22.7 Å². The third-order valence-electron chi connectivity index (χ3n) is 4.05. The van der Waals surface area contributed by atoms with E-state index in [1.54, 1.807) is 35.1 Å². The highest BCUT2D eigenvalue weighted by Crippen LogP contribution is 2.25. The monoisotopic (exact) mass is 390 g/mol. The number of pyridine rings is 1. The van der Waals surface area contributed by atoms with Crippen LogP contribution in [0, 0.1) is 6.92 Å². The first-order valence-electron chi connectivity index (χ1n) is 8.52. The van der Waals surface area contributed by atoms with Crippen molar-refractivity contribution in [3.05, 3.63) is 87.6 Å². The van der Waals surface area contributed by atoms with E-state index >= 15 is 0 Å². The van der Waals surface area contributed by atoms with Crippen LogP contribution in [-0.2, 0) is 0 Å². The van der Waals surface area contributed by atoms with Crippen molar-refractivity contribution in [1.29, 1.82) is 0 Å². The highest BCUT2D eigenvalue weighted by molar-refractivity contribution is 7.14. The number of nitrogens with zero attached hydrogens (tertiary/aromatic N) is 4. The van der Waals surface area contributed by atoms with Gasteiger partial charge in [0.1, 0.15) is 0 Å². The molecule has 4 aromatic rings. The Hall–Kier alpha value is -2.83. The summed E-state index contributed by atoms with van der Waals surface area (Å²) in [6.45, 7) is 4.12. The Morgan fingerprint density at radius 2 is 1.89 bits per heavy atom. The van der Waals surface area contributed by atoms with Gasteiger partial charge in [-0.2, -0.15) is 5.10 Å². The van der Waals surface area contributed by atoms with E-state index in [0.717, 1.165) is 27.5 Å². The zero-order valence-corrected chi connectivity index (χ0v) is 16.7. The van der Waals surface area contributed by atoms with E-state index in [1.165, 1.54) is 10.4 Å². The molecule has 134 valence electrons. The molecule has 0 fully saturated rings. The minimum absolute atomic E-state index is 0.814. The van der Waals surface area contributed by atoms with Gasteiger partial charge in [-0.1, -0.05) is 35.9 Å². The first-order valence-corrected chi connectivity index (χ1v) is 10.3. The third kappa shape index (κ3) is 3.97. The molecule has 0 radical (unpaired) electrons. The average molecular weight is 391 g/mol. The van der Waals surface area contributed by atoms with E-state index in [9.17, 15) is 0 Å². The Morgan fingerprint density at radius 1 is 1.04 bits per heavy atom. The molecule has 27 heavy (non-hydrogen) atoms. The Labute approximate surface area is 165 Å². The van der Waals surface area contributed by atoms with Crippen LogP contribution in [0.4, 0.5) is 5.69 Å². The fourth-order valence-electron chi connectivity index (χ4n) is 2.60. The summed E-state index contributed by atoms with van der Waals surface area (Å²) < 4.78 is 1.93. The van der Waals surface area contributed by atoms with Crippen LogP contribution in [-0.4, -0.2) is 15.4 Å². The van der Waals surface area contributed by atoms with Crippen LogP contribution in [0.1, 0.15) is 18.1 Å². The van der Waals surface area contributed by atoms with Crippen molar-refractivity contribution in [2.45, 2.75) is 13.8 Å². The van der Waals surface area contributed by atoms with Crippen LogP contribution < -0.4 is 4.80 Å². The van der Waals surface area contributed by atoms with E-state index in [0.29, 0.717) is 0 Å².